The zero-order valence-electron chi connectivity index (χ0n) is 9.79. The zero-order valence-corrected chi connectivity index (χ0v) is 10.6. The van der Waals surface area contributed by atoms with Gasteiger partial charge in [0.05, 0.1) is 0 Å². The average molecular weight is 300 g/mol. The maximum Gasteiger partial charge on any atom is 0.453 e. The second-order valence-corrected chi connectivity index (χ2v) is 5.10. The van der Waals surface area contributed by atoms with Crippen molar-refractivity contribution >= 4 is 16.3 Å². The molecule has 0 fully saturated rings. The molecule has 0 atom stereocenters. The Morgan fingerprint density at radius 2 is 2.05 bits per heavy atom. The van der Waals surface area contributed by atoms with E-state index in [-0.39, 0.29) is 10.7 Å². The lowest BCUT2D eigenvalue weighted by Crippen LogP contribution is -2.11. The van der Waals surface area contributed by atoms with Crippen LogP contribution in [-0.4, -0.2) is 24.9 Å². The van der Waals surface area contributed by atoms with E-state index >= 15 is 0 Å². The van der Waals surface area contributed by atoms with Gasteiger partial charge < -0.3 is 5.11 Å². The molecule has 0 bridgehead atoms. The first-order chi connectivity index (χ1) is 9.43. The highest BCUT2D eigenvalue weighted by Crippen LogP contribution is 2.29. The van der Waals surface area contributed by atoms with Gasteiger partial charge in [0.1, 0.15) is 10.8 Å². The van der Waals surface area contributed by atoms with Crippen molar-refractivity contribution in [3.63, 3.8) is 0 Å². The summed E-state index contributed by atoms with van der Waals surface area (Å²) in [5.74, 6) is -1.03. The van der Waals surface area contributed by atoms with Crippen LogP contribution < -0.4 is 0 Å². The number of benzene rings is 1. The SMILES string of the molecule is Oc1cccc(Cc2nn3c(C(F)(F)F)nnc3s2)c1. The molecule has 0 radical (unpaired) electrons. The van der Waals surface area contributed by atoms with Gasteiger partial charge in [-0.3, -0.25) is 0 Å². The number of phenols is 1. The van der Waals surface area contributed by atoms with Crippen LogP contribution in [0.3, 0.4) is 0 Å². The fourth-order valence-electron chi connectivity index (χ4n) is 1.75. The standard InChI is InChI=1S/C11H7F3N4OS/c12-11(13,14)9-15-16-10-18(9)17-8(20-10)5-6-2-1-3-7(19)4-6/h1-4,19H,5H2. The van der Waals surface area contributed by atoms with Crippen LogP contribution in [0.4, 0.5) is 13.2 Å². The Morgan fingerprint density at radius 3 is 2.75 bits per heavy atom. The third kappa shape index (κ3) is 2.31. The lowest BCUT2D eigenvalue weighted by Gasteiger charge is -2.00. The number of aromatic nitrogens is 4. The van der Waals surface area contributed by atoms with Gasteiger partial charge in [-0.05, 0) is 17.7 Å². The molecule has 1 aromatic carbocycles. The predicted octanol–water partition coefficient (Wildman–Crippen LogP) is 2.50. The molecule has 3 rings (SSSR count). The fraction of sp³-hybridized carbons (Fsp3) is 0.182. The molecule has 2 aromatic heterocycles. The highest BCUT2D eigenvalue weighted by atomic mass is 32.1. The van der Waals surface area contributed by atoms with Crippen LogP contribution >= 0.6 is 11.3 Å². The molecule has 0 spiro atoms. The molecule has 0 aliphatic rings. The summed E-state index contributed by atoms with van der Waals surface area (Å²) in [6.07, 6.45) is -4.27. The summed E-state index contributed by atoms with van der Waals surface area (Å²) in [6, 6.07) is 6.47. The highest BCUT2D eigenvalue weighted by Gasteiger charge is 2.38. The topological polar surface area (TPSA) is 63.3 Å². The quantitative estimate of drug-likeness (QED) is 0.790. The van der Waals surface area contributed by atoms with Crippen LogP contribution in [0, 0.1) is 0 Å². The largest absolute Gasteiger partial charge is 0.508 e. The summed E-state index contributed by atoms with van der Waals surface area (Å²) in [4.78, 5) is 0.0903. The van der Waals surface area contributed by atoms with Crippen molar-refractivity contribution in [2.45, 2.75) is 12.6 Å². The molecule has 0 aliphatic heterocycles. The normalized spacial score (nSPS) is 12.2. The number of alkyl halides is 3. The number of rotatable bonds is 2. The maximum atomic E-state index is 12.6. The summed E-state index contributed by atoms with van der Waals surface area (Å²) in [5.41, 5.74) is 0.753. The van der Waals surface area contributed by atoms with Gasteiger partial charge in [0.15, 0.2) is 0 Å². The molecule has 0 aliphatic carbocycles. The van der Waals surface area contributed by atoms with Gasteiger partial charge in [-0.25, -0.2) is 0 Å². The molecule has 0 amide bonds. The molecule has 0 saturated carbocycles. The van der Waals surface area contributed by atoms with E-state index < -0.39 is 12.0 Å². The number of halogens is 3. The molecular formula is C11H7F3N4OS. The molecule has 0 saturated heterocycles. The summed E-state index contributed by atoms with van der Waals surface area (Å²) in [7, 11) is 0. The van der Waals surface area contributed by atoms with Gasteiger partial charge in [-0.2, -0.15) is 22.8 Å². The highest BCUT2D eigenvalue weighted by molar-refractivity contribution is 7.16. The van der Waals surface area contributed by atoms with Gasteiger partial charge in [0.2, 0.25) is 4.96 Å². The van der Waals surface area contributed by atoms with E-state index in [0.717, 1.165) is 16.9 Å². The Kier molecular flexibility index (Phi) is 2.85. The number of nitrogens with zero attached hydrogens (tertiary/aromatic N) is 4. The Bertz CT molecular complexity index is 764. The number of aromatic hydroxyl groups is 1. The van der Waals surface area contributed by atoms with Crippen molar-refractivity contribution in [3.05, 3.63) is 40.7 Å². The van der Waals surface area contributed by atoms with Gasteiger partial charge in [0.25, 0.3) is 5.82 Å². The van der Waals surface area contributed by atoms with Crippen molar-refractivity contribution in [1.29, 1.82) is 0 Å². The predicted molar refractivity (Wildman–Crippen MR) is 64.6 cm³/mol. The summed E-state index contributed by atoms with van der Waals surface area (Å²) in [5, 5.41) is 20.2. The summed E-state index contributed by atoms with van der Waals surface area (Å²) in [6.45, 7) is 0. The van der Waals surface area contributed by atoms with E-state index in [1.165, 1.54) is 12.1 Å². The second kappa shape index (κ2) is 4.44. The first-order valence-corrected chi connectivity index (χ1v) is 6.31. The first kappa shape index (κ1) is 12.9. The maximum absolute atomic E-state index is 12.6. The number of hydrogen-bond donors (Lipinski definition) is 1. The van der Waals surface area contributed by atoms with E-state index in [1.54, 1.807) is 12.1 Å². The number of hydrogen-bond acceptors (Lipinski definition) is 5. The Hall–Kier alpha value is -2.16. The number of fused-ring (bicyclic) bond motifs is 1. The van der Waals surface area contributed by atoms with Crippen molar-refractivity contribution in [3.8, 4) is 5.75 Å². The van der Waals surface area contributed by atoms with Crippen LogP contribution in [0.5, 0.6) is 5.75 Å². The fourth-order valence-corrected chi connectivity index (χ4v) is 2.61. The minimum absolute atomic E-state index is 0.0903. The smallest absolute Gasteiger partial charge is 0.453 e. The molecule has 1 N–H and O–H groups in total. The van der Waals surface area contributed by atoms with Crippen molar-refractivity contribution in [2.24, 2.45) is 0 Å². The van der Waals surface area contributed by atoms with E-state index in [2.05, 4.69) is 15.3 Å². The van der Waals surface area contributed by atoms with Gasteiger partial charge in [-0.1, -0.05) is 23.5 Å². The minimum atomic E-state index is -4.59. The van der Waals surface area contributed by atoms with E-state index in [9.17, 15) is 18.3 Å². The lowest BCUT2D eigenvalue weighted by atomic mass is 10.1. The molecule has 2 heterocycles. The van der Waals surface area contributed by atoms with Gasteiger partial charge >= 0.3 is 6.18 Å². The second-order valence-electron chi connectivity index (χ2n) is 4.06. The Balaban J connectivity index is 1.96. The Labute approximate surface area is 114 Å². The van der Waals surface area contributed by atoms with Crippen molar-refractivity contribution < 1.29 is 18.3 Å². The van der Waals surface area contributed by atoms with Crippen LogP contribution in [-0.2, 0) is 12.6 Å². The molecular weight excluding hydrogens is 293 g/mol. The summed E-state index contributed by atoms with van der Waals surface area (Å²) >= 11 is 1.03. The third-order valence-electron chi connectivity index (χ3n) is 2.55. The third-order valence-corrected chi connectivity index (χ3v) is 3.45. The van der Waals surface area contributed by atoms with E-state index in [0.29, 0.717) is 15.9 Å². The van der Waals surface area contributed by atoms with E-state index in [1.807, 2.05) is 0 Å². The summed E-state index contributed by atoms with van der Waals surface area (Å²) < 4.78 is 38.6. The molecule has 104 valence electrons. The zero-order chi connectivity index (χ0) is 14.3. The Morgan fingerprint density at radius 1 is 1.25 bits per heavy atom. The lowest BCUT2D eigenvalue weighted by molar-refractivity contribution is -0.146. The van der Waals surface area contributed by atoms with Gasteiger partial charge in [0, 0.05) is 6.42 Å². The molecule has 5 nitrogen and oxygen atoms in total. The van der Waals surface area contributed by atoms with Gasteiger partial charge in [-0.15, -0.1) is 10.2 Å². The molecule has 20 heavy (non-hydrogen) atoms. The minimum Gasteiger partial charge on any atom is -0.508 e. The average Bonchev–Trinajstić information content (AvgIpc) is 2.86. The molecule has 3 aromatic rings. The monoisotopic (exact) mass is 300 g/mol. The van der Waals surface area contributed by atoms with Crippen LogP contribution in [0.2, 0.25) is 0 Å². The first-order valence-electron chi connectivity index (χ1n) is 5.50. The molecule has 9 heteroatoms. The van der Waals surface area contributed by atoms with Crippen molar-refractivity contribution in [2.75, 3.05) is 0 Å². The van der Waals surface area contributed by atoms with Crippen LogP contribution in [0.15, 0.2) is 24.3 Å². The van der Waals surface area contributed by atoms with E-state index in [4.69, 9.17) is 0 Å². The molecule has 0 unspecified atom stereocenters. The van der Waals surface area contributed by atoms with Crippen LogP contribution in [0.25, 0.3) is 4.96 Å². The van der Waals surface area contributed by atoms with Crippen LogP contribution in [0.1, 0.15) is 16.4 Å². The number of phenolic OH excluding ortho intramolecular Hbond substituents is 1. The van der Waals surface area contributed by atoms with Crippen molar-refractivity contribution in [1.82, 2.24) is 19.8 Å².